The molecular formula is C14H18N2O5. The van der Waals surface area contributed by atoms with Crippen molar-refractivity contribution in [3.8, 4) is 0 Å². The zero-order chi connectivity index (χ0) is 15.6. The zero-order valence-electron chi connectivity index (χ0n) is 11.9. The van der Waals surface area contributed by atoms with Crippen LogP contribution in [-0.2, 0) is 9.59 Å². The van der Waals surface area contributed by atoms with Crippen molar-refractivity contribution in [2.45, 2.75) is 38.3 Å². The van der Waals surface area contributed by atoms with Gasteiger partial charge in [-0.1, -0.05) is 11.2 Å². The Morgan fingerprint density at radius 1 is 1.33 bits per heavy atom. The summed E-state index contributed by atoms with van der Waals surface area (Å²) in [5, 5.41) is 18.7. The summed E-state index contributed by atoms with van der Waals surface area (Å²) in [6.45, 7) is 1.97. The summed E-state index contributed by atoms with van der Waals surface area (Å²) in [6.07, 6.45) is 6.07. The van der Waals surface area contributed by atoms with Crippen molar-refractivity contribution in [3.63, 3.8) is 0 Å². The second kappa shape index (κ2) is 6.09. The molecule has 0 amide bonds. The first-order chi connectivity index (χ1) is 9.88. The molecule has 0 aliphatic carbocycles. The fourth-order valence-electron chi connectivity index (χ4n) is 2.74. The number of carbonyl (C=O) groups is 2. The third-order valence-corrected chi connectivity index (χ3v) is 3.87. The van der Waals surface area contributed by atoms with Gasteiger partial charge >= 0.3 is 11.9 Å². The Hall–Kier alpha value is -2.15. The van der Waals surface area contributed by atoms with Crippen LogP contribution in [0, 0.1) is 6.92 Å². The van der Waals surface area contributed by atoms with E-state index in [2.05, 4.69) is 23.2 Å². The number of carboxylic acid groups (broad SMARTS) is 2. The number of nitrogens with zero attached hydrogens (tertiary/aromatic N) is 2. The van der Waals surface area contributed by atoms with Crippen molar-refractivity contribution in [2.24, 2.45) is 0 Å². The highest BCUT2D eigenvalue weighted by molar-refractivity contribution is 6.27. The Morgan fingerprint density at radius 3 is 2.48 bits per heavy atom. The van der Waals surface area contributed by atoms with E-state index in [-0.39, 0.29) is 0 Å². The number of aryl methyl sites for hydroxylation is 1. The van der Waals surface area contributed by atoms with E-state index in [0.29, 0.717) is 12.1 Å². The first kappa shape index (κ1) is 15.2. The summed E-state index contributed by atoms with van der Waals surface area (Å²) >= 11 is 0. The molecule has 2 aliphatic rings. The third-order valence-electron chi connectivity index (χ3n) is 3.87. The van der Waals surface area contributed by atoms with Crippen LogP contribution in [0.15, 0.2) is 16.7 Å². The van der Waals surface area contributed by atoms with E-state index in [0.717, 1.165) is 17.9 Å². The second-order valence-electron chi connectivity index (χ2n) is 5.30. The number of hydrogen-bond donors (Lipinski definition) is 2. The number of rotatable bonds is 1. The van der Waals surface area contributed by atoms with E-state index in [9.17, 15) is 0 Å². The van der Waals surface area contributed by atoms with Crippen LogP contribution in [0.2, 0.25) is 0 Å². The molecule has 7 heteroatoms. The predicted octanol–water partition coefficient (Wildman–Crippen LogP) is 1.39. The van der Waals surface area contributed by atoms with Crippen molar-refractivity contribution in [1.29, 1.82) is 0 Å². The van der Waals surface area contributed by atoms with Crippen LogP contribution in [-0.4, -0.2) is 51.3 Å². The molecule has 1 aromatic heterocycles. The quantitative estimate of drug-likeness (QED) is 0.754. The normalized spacial score (nSPS) is 24.0. The van der Waals surface area contributed by atoms with Crippen LogP contribution in [0.1, 0.15) is 30.7 Å². The van der Waals surface area contributed by atoms with Gasteiger partial charge in [-0.05, 0) is 38.8 Å². The standard InChI is InChI=1S/C12H16N2O.C2H2O4/c1-8-5-12(15-13-8)9-6-10-3-4-11(7-9)14(10)2;3-1(4)2(5)6/h5-6,10-11H,3-4,7H2,1-2H3;(H,3,4)(H,5,6). The molecule has 1 saturated heterocycles. The van der Waals surface area contributed by atoms with Crippen molar-refractivity contribution in [3.05, 3.63) is 23.6 Å². The SMILES string of the molecule is Cc1cc(C2=CC3CCC(C2)N3C)on1.O=C(O)C(=O)O. The van der Waals surface area contributed by atoms with Crippen LogP contribution in [0.5, 0.6) is 0 Å². The molecule has 3 heterocycles. The van der Waals surface area contributed by atoms with E-state index in [1.165, 1.54) is 18.4 Å². The molecule has 0 saturated carbocycles. The van der Waals surface area contributed by atoms with Gasteiger partial charge in [0, 0.05) is 18.2 Å². The number of aromatic nitrogens is 1. The molecule has 0 aromatic carbocycles. The fourth-order valence-corrected chi connectivity index (χ4v) is 2.74. The molecule has 1 fully saturated rings. The van der Waals surface area contributed by atoms with Crippen LogP contribution in [0.25, 0.3) is 5.57 Å². The Bertz CT molecular complexity index is 566. The van der Waals surface area contributed by atoms with Crippen LogP contribution >= 0.6 is 0 Å². The van der Waals surface area contributed by atoms with Crippen molar-refractivity contribution in [2.75, 3.05) is 7.05 Å². The minimum absolute atomic E-state index is 0.615. The lowest BCUT2D eigenvalue weighted by Gasteiger charge is -2.29. The molecule has 7 nitrogen and oxygen atoms in total. The van der Waals surface area contributed by atoms with Gasteiger partial charge in [-0.2, -0.15) is 0 Å². The maximum atomic E-state index is 9.10. The molecule has 114 valence electrons. The molecule has 2 atom stereocenters. The lowest BCUT2D eigenvalue weighted by Crippen LogP contribution is -2.34. The highest BCUT2D eigenvalue weighted by Crippen LogP contribution is 2.37. The average Bonchev–Trinajstić information content (AvgIpc) is 2.91. The first-order valence-corrected chi connectivity index (χ1v) is 6.71. The van der Waals surface area contributed by atoms with E-state index in [1.54, 1.807) is 0 Å². The number of aliphatic carboxylic acids is 2. The smallest absolute Gasteiger partial charge is 0.414 e. The molecule has 2 unspecified atom stereocenters. The lowest BCUT2D eigenvalue weighted by molar-refractivity contribution is -0.159. The summed E-state index contributed by atoms with van der Waals surface area (Å²) in [6, 6.07) is 3.36. The second-order valence-corrected chi connectivity index (χ2v) is 5.30. The van der Waals surface area contributed by atoms with Gasteiger partial charge in [0.05, 0.1) is 5.69 Å². The summed E-state index contributed by atoms with van der Waals surface area (Å²) in [5.74, 6) is -2.68. The van der Waals surface area contributed by atoms with Crippen molar-refractivity contribution in [1.82, 2.24) is 10.1 Å². The minimum Gasteiger partial charge on any atom is -0.473 e. The summed E-state index contributed by atoms with van der Waals surface area (Å²) in [5.41, 5.74) is 2.32. The van der Waals surface area contributed by atoms with Gasteiger partial charge in [-0.3, -0.25) is 4.90 Å². The molecule has 0 spiro atoms. The molecule has 1 aromatic rings. The third kappa shape index (κ3) is 3.49. The largest absolute Gasteiger partial charge is 0.473 e. The molecule has 2 bridgehead atoms. The van der Waals surface area contributed by atoms with Crippen LogP contribution in [0.4, 0.5) is 0 Å². The minimum atomic E-state index is -1.82. The number of fused-ring (bicyclic) bond motifs is 2. The van der Waals surface area contributed by atoms with Crippen molar-refractivity contribution >= 4 is 17.5 Å². The Morgan fingerprint density at radius 2 is 2.00 bits per heavy atom. The summed E-state index contributed by atoms with van der Waals surface area (Å²) < 4.78 is 5.33. The van der Waals surface area contributed by atoms with E-state index >= 15 is 0 Å². The van der Waals surface area contributed by atoms with Gasteiger partial charge in [0.2, 0.25) is 0 Å². The number of likely N-dealkylation sites (N-methyl/N-ethyl adjacent to an activating group) is 1. The van der Waals surface area contributed by atoms with Crippen LogP contribution in [0.3, 0.4) is 0 Å². The Balaban J connectivity index is 0.000000232. The maximum absolute atomic E-state index is 9.10. The number of carboxylic acids is 2. The molecule has 2 aliphatic heterocycles. The Kier molecular flexibility index (Phi) is 4.42. The monoisotopic (exact) mass is 294 g/mol. The van der Waals surface area contributed by atoms with E-state index in [4.69, 9.17) is 24.3 Å². The van der Waals surface area contributed by atoms with Gasteiger partial charge in [-0.15, -0.1) is 0 Å². The Labute approximate surface area is 121 Å². The topological polar surface area (TPSA) is 104 Å². The van der Waals surface area contributed by atoms with Gasteiger partial charge in [0.15, 0.2) is 5.76 Å². The average molecular weight is 294 g/mol. The maximum Gasteiger partial charge on any atom is 0.414 e. The molecule has 3 rings (SSSR count). The number of hydrogen-bond acceptors (Lipinski definition) is 5. The summed E-state index contributed by atoms with van der Waals surface area (Å²) in [4.78, 5) is 20.7. The summed E-state index contributed by atoms with van der Waals surface area (Å²) in [7, 11) is 2.22. The van der Waals surface area contributed by atoms with Gasteiger partial charge in [0.25, 0.3) is 0 Å². The fraction of sp³-hybridized carbons (Fsp3) is 0.500. The van der Waals surface area contributed by atoms with E-state index < -0.39 is 11.9 Å². The van der Waals surface area contributed by atoms with Gasteiger partial charge < -0.3 is 14.7 Å². The van der Waals surface area contributed by atoms with Crippen molar-refractivity contribution < 1.29 is 24.3 Å². The highest BCUT2D eigenvalue weighted by Gasteiger charge is 2.34. The van der Waals surface area contributed by atoms with E-state index in [1.807, 2.05) is 13.0 Å². The molecular weight excluding hydrogens is 276 g/mol. The van der Waals surface area contributed by atoms with Gasteiger partial charge in [-0.25, -0.2) is 9.59 Å². The molecule has 21 heavy (non-hydrogen) atoms. The highest BCUT2D eigenvalue weighted by atomic mass is 16.5. The molecule has 2 N–H and O–H groups in total. The van der Waals surface area contributed by atoms with Crippen LogP contribution < -0.4 is 0 Å². The first-order valence-electron chi connectivity index (χ1n) is 6.71. The zero-order valence-corrected chi connectivity index (χ0v) is 11.9. The predicted molar refractivity (Wildman–Crippen MR) is 73.7 cm³/mol. The molecule has 0 radical (unpaired) electrons. The lowest BCUT2D eigenvalue weighted by atomic mass is 10.00. The van der Waals surface area contributed by atoms with Gasteiger partial charge in [0.1, 0.15) is 0 Å².